The van der Waals surface area contributed by atoms with E-state index in [0.717, 1.165) is 23.3 Å². The molecule has 0 bridgehead atoms. The van der Waals surface area contributed by atoms with Gasteiger partial charge in [0.15, 0.2) is 5.13 Å². The largest absolute Gasteiger partial charge is 0.298 e. The second-order valence-corrected chi connectivity index (χ2v) is 8.24. The minimum absolute atomic E-state index is 0.166. The lowest BCUT2D eigenvalue weighted by molar-refractivity contribution is -0.111. The second kappa shape index (κ2) is 9.47. The van der Waals surface area contributed by atoms with E-state index in [1.165, 1.54) is 28.0 Å². The molecule has 2 aromatic carbocycles. The van der Waals surface area contributed by atoms with E-state index in [1.807, 2.05) is 24.4 Å². The molecule has 1 aromatic heterocycles. The Morgan fingerprint density at radius 2 is 1.75 bits per heavy atom. The van der Waals surface area contributed by atoms with Crippen LogP contribution in [0.4, 0.5) is 5.13 Å². The fraction of sp³-hybridized carbons (Fsp3) is 0.250. The van der Waals surface area contributed by atoms with Gasteiger partial charge in [-0.05, 0) is 40.7 Å². The smallest absolute Gasteiger partial charge is 0.250 e. The van der Waals surface area contributed by atoms with Gasteiger partial charge < -0.3 is 0 Å². The first-order valence-electron chi connectivity index (χ1n) is 9.65. The number of aromatic nitrogens is 1. The average molecular weight is 391 g/mol. The van der Waals surface area contributed by atoms with Crippen LogP contribution in [0.3, 0.4) is 0 Å². The van der Waals surface area contributed by atoms with Crippen LogP contribution in [-0.2, 0) is 17.6 Å². The number of rotatable bonds is 7. The fourth-order valence-electron chi connectivity index (χ4n) is 2.85. The number of amides is 1. The molecular weight excluding hydrogens is 364 g/mol. The zero-order chi connectivity index (χ0) is 19.9. The predicted octanol–water partition coefficient (Wildman–Crippen LogP) is 6.07. The molecule has 0 radical (unpaired) electrons. The van der Waals surface area contributed by atoms with E-state index in [1.54, 1.807) is 6.08 Å². The molecule has 1 amide bonds. The molecule has 1 heterocycles. The van der Waals surface area contributed by atoms with E-state index in [9.17, 15) is 4.79 Å². The van der Waals surface area contributed by atoms with Crippen molar-refractivity contribution in [1.82, 2.24) is 4.98 Å². The molecule has 0 aliphatic heterocycles. The van der Waals surface area contributed by atoms with Gasteiger partial charge in [0, 0.05) is 23.6 Å². The molecule has 0 fully saturated rings. The first-order valence-corrected chi connectivity index (χ1v) is 10.5. The molecule has 0 unspecified atom stereocenters. The standard InChI is InChI=1S/C24H26N2OS/c1-4-18-5-7-20(8-6-18)15-22-16-25-24(28-22)26-23(27)14-11-19-9-12-21(13-10-19)17(2)3/h5-14,16-17H,4,15H2,1-3H3,(H,25,26,27)/b14-11+. The van der Waals surface area contributed by atoms with Gasteiger partial charge in [0.2, 0.25) is 5.91 Å². The van der Waals surface area contributed by atoms with E-state index in [0.29, 0.717) is 11.0 Å². The SMILES string of the molecule is CCc1ccc(Cc2cnc(NC(=O)/C=C/c3ccc(C(C)C)cc3)s2)cc1. The van der Waals surface area contributed by atoms with E-state index < -0.39 is 0 Å². The molecule has 4 heteroatoms. The van der Waals surface area contributed by atoms with Crippen molar-refractivity contribution in [2.45, 2.75) is 39.5 Å². The van der Waals surface area contributed by atoms with Crippen molar-refractivity contribution in [1.29, 1.82) is 0 Å². The molecule has 0 aliphatic rings. The summed E-state index contributed by atoms with van der Waals surface area (Å²) in [5, 5.41) is 3.48. The van der Waals surface area contributed by atoms with Gasteiger partial charge >= 0.3 is 0 Å². The lowest BCUT2D eigenvalue weighted by atomic mass is 10.0. The highest BCUT2D eigenvalue weighted by Crippen LogP contribution is 2.22. The Kier molecular flexibility index (Phi) is 6.77. The normalized spacial score (nSPS) is 11.3. The van der Waals surface area contributed by atoms with E-state index in [4.69, 9.17) is 0 Å². The number of carbonyl (C=O) groups excluding carboxylic acids is 1. The van der Waals surface area contributed by atoms with E-state index in [-0.39, 0.29) is 5.91 Å². The van der Waals surface area contributed by atoms with Crippen LogP contribution in [-0.4, -0.2) is 10.9 Å². The topological polar surface area (TPSA) is 42.0 Å². The average Bonchev–Trinajstić information content (AvgIpc) is 3.14. The maximum absolute atomic E-state index is 12.2. The molecule has 3 aromatic rings. The van der Waals surface area contributed by atoms with Crippen molar-refractivity contribution in [3.05, 3.63) is 87.9 Å². The van der Waals surface area contributed by atoms with Crippen molar-refractivity contribution in [3.8, 4) is 0 Å². The molecule has 144 valence electrons. The molecule has 0 saturated heterocycles. The molecule has 28 heavy (non-hydrogen) atoms. The number of hydrogen-bond donors (Lipinski definition) is 1. The maximum atomic E-state index is 12.2. The Hall–Kier alpha value is -2.72. The Balaban J connectivity index is 1.55. The van der Waals surface area contributed by atoms with Gasteiger partial charge in [-0.15, -0.1) is 11.3 Å². The fourth-order valence-corrected chi connectivity index (χ4v) is 3.70. The van der Waals surface area contributed by atoms with Crippen LogP contribution in [0.5, 0.6) is 0 Å². The van der Waals surface area contributed by atoms with Gasteiger partial charge in [-0.2, -0.15) is 0 Å². The highest BCUT2D eigenvalue weighted by Gasteiger charge is 2.06. The maximum Gasteiger partial charge on any atom is 0.250 e. The van der Waals surface area contributed by atoms with Crippen LogP contribution in [0.15, 0.2) is 60.8 Å². The lowest BCUT2D eigenvalue weighted by Gasteiger charge is -2.04. The van der Waals surface area contributed by atoms with Gasteiger partial charge in [0.1, 0.15) is 0 Å². The van der Waals surface area contributed by atoms with Crippen molar-refractivity contribution < 1.29 is 4.79 Å². The summed E-state index contributed by atoms with van der Waals surface area (Å²) in [6.07, 6.45) is 7.09. The monoisotopic (exact) mass is 390 g/mol. The summed E-state index contributed by atoms with van der Waals surface area (Å²) in [6, 6.07) is 16.9. The minimum Gasteiger partial charge on any atom is -0.298 e. The number of aryl methyl sites for hydroxylation is 1. The molecule has 0 aliphatic carbocycles. The molecule has 1 N–H and O–H groups in total. The third-order valence-electron chi connectivity index (χ3n) is 4.62. The summed E-state index contributed by atoms with van der Waals surface area (Å²) < 4.78 is 0. The van der Waals surface area contributed by atoms with Crippen LogP contribution in [0.25, 0.3) is 6.08 Å². The number of benzene rings is 2. The molecule has 0 saturated carbocycles. The number of carbonyl (C=O) groups is 1. The highest BCUT2D eigenvalue weighted by atomic mass is 32.1. The predicted molar refractivity (Wildman–Crippen MR) is 119 cm³/mol. The summed E-state index contributed by atoms with van der Waals surface area (Å²) in [4.78, 5) is 17.6. The van der Waals surface area contributed by atoms with Crippen LogP contribution in [0.1, 0.15) is 53.8 Å². The van der Waals surface area contributed by atoms with Crippen LogP contribution in [0.2, 0.25) is 0 Å². The summed E-state index contributed by atoms with van der Waals surface area (Å²) in [7, 11) is 0. The molecule has 3 rings (SSSR count). The van der Waals surface area contributed by atoms with E-state index in [2.05, 4.69) is 67.5 Å². The van der Waals surface area contributed by atoms with Crippen LogP contribution < -0.4 is 5.32 Å². The quantitative estimate of drug-likeness (QED) is 0.497. The second-order valence-electron chi connectivity index (χ2n) is 7.12. The highest BCUT2D eigenvalue weighted by molar-refractivity contribution is 7.15. The van der Waals surface area contributed by atoms with Gasteiger partial charge in [0.05, 0.1) is 0 Å². The summed E-state index contributed by atoms with van der Waals surface area (Å²) in [5.41, 5.74) is 4.89. The first-order chi connectivity index (χ1) is 13.5. The van der Waals surface area contributed by atoms with Gasteiger partial charge in [-0.25, -0.2) is 4.98 Å². The van der Waals surface area contributed by atoms with Gasteiger partial charge in [0.25, 0.3) is 0 Å². The third-order valence-corrected chi connectivity index (χ3v) is 5.54. The number of hydrogen-bond acceptors (Lipinski definition) is 3. The van der Waals surface area contributed by atoms with E-state index >= 15 is 0 Å². The molecular formula is C24H26N2OS. The van der Waals surface area contributed by atoms with Crippen LogP contribution >= 0.6 is 11.3 Å². The van der Waals surface area contributed by atoms with Crippen molar-refractivity contribution in [3.63, 3.8) is 0 Å². The molecule has 3 nitrogen and oxygen atoms in total. The van der Waals surface area contributed by atoms with Crippen molar-refractivity contribution in [2.24, 2.45) is 0 Å². The van der Waals surface area contributed by atoms with Crippen molar-refractivity contribution >= 4 is 28.5 Å². The number of anilines is 1. The van der Waals surface area contributed by atoms with Crippen LogP contribution in [0, 0.1) is 0 Å². The number of thiazole rings is 1. The summed E-state index contributed by atoms with van der Waals surface area (Å²) in [6.45, 7) is 6.49. The first kappa shape index (κ1) is 20.0. The molecule has 0 atom stereocenters. The number of nitrogens with one attached hydrogen (secondary N) is 1. The summed E-state index contributed by atoms with van der Waals surface area (Å²) in [5.74, 6) is 0.339. The third kappa shape index (κ3) is 5.64. The zero-order valence-corrected chi connectivity index (χ0v) is 17.4. The Morgan fingerprint density at radius 3 is 2.39 bits per heavy atom. The Labute approximate surface area is 171 Å². The molecule has 0 spiro atoms. The lowest BCUT2D eigenvalue weighted by Crippen LogP contribution is -2.07. The number of nitrogens with zero attached hydrogens (tertiary/aromatic N) is 1. The summed E-state index contributed by atoms with van der Waals surface area (Å²) >= 11 is 1.52. The van der Waals surface area contributed by atoms with Gasteiger partial charge in [-0.1, -0.05) is 69.3 Å². The Morgan fingerprint density at radius 1 is 1.07 bits per heavy atom. The minimum atomic E-state index is -0.166. The Bertz CT molecular complexity index is 937. The zero-order valence-electron chi connectivity index (χ0n) is 16.6. The van der Waals surface area contributed by atoms with Gasteiger partial charge in [-0.3, -0.25) is 10.1 Å². The van der Waals surface area contributed by atoms with Crippen molar-refractivity contribution in [2.75, 3.05) is 5.32 Å².